The average Bonchev–Trinajstić information content (AvgIpc) is 1.59. The summed E-state index contributed by atoms with van der Waals surface area (Å²) < 4.78 is 44.2. The number of epoxide rings is 2. The maximum atomic E-state index is 13.1. The smallest absolute Gasteiger partial charge is 0.338 e. The van der Waals surface area contributed by atoms with Crippen LogP contribution in [0.15, 0.2) is 48.5 Å². The summed E-state index contributed by atoms with van der Waals surface area (Å²) in [7, 11) is 0. The summed E-state index contributed by atoms with van der Waals surface area (Å²) >= 11 is 0. The number of rotatable bonds is 43. The maximum Gasteiger partial charge on any atom is 0.338 e. The minimum atomic E-state index is -0.458. The molecule has 2 saturated heterocycles. The van der Waals surface area contributed by atoms with Crippen LogP contribution < -0.4 is 0 Å². The number of unbranched alkanes of at least 4 members (excludes halogenated alkanes) is 18. The Balaban J connectivity index is 0.000000234. The van der Waals surface area contributed by atoms with Gasteiger partial charge in [0.25, 0.3) is 0 Å². The van der Waals surface area contributed by atoms with Crippen LogP contribution in [0.25, 0.3) is 0 Å². The van der Waals surface area contributed by atoms with Crippen LogP contribution in [0.1, 0.15) is 313 Å². The van der Waals surface area contributed by atoms with E-state index in [9.17, 15) is 28.8 Å². The average molecular weight is 1360 g/mol. The van der Waals surface area contributed by atoms with Crippen LogP contribution in [0.2, 0.25) is 0 Å². The molecule has 18 atom stereocenters. The van der Waals surface area contributed by atoms with Gasteiger partial charge >= 0.3 is 35.8 Å². The Morgan fingerprint density at radius 3 is 1.16 bits per heavy atom. The molecule has 14 nitrogen and oxygen atoms in total. The van der Waals surface area contributed by atoms with Gasteiger partial charge in [-0.1, -0.05) is 181 Å². The molecule has 14 unspecified atom stereocenters. The number of fused-ring (bicyclic) bond motifs is 10. The van der Waals surface area contributed by atoms with Gasteiger partial charge in [0.2, 0.25) is 0 Å². The number of hydrogen-bond acceptors (Lipinski definition) is 14. The topological polar surface area (TPSA) is 183 Å². The number of ether oxygens (including phenoxy) is 8. The molecule has 2 aromatic rings. The Morgan fingerprint density at radius 2 is 0.735 bits per heavy atom. The lowest BCUT2D eigenvalue weighted by atomic mass is 9.61. The molecule has 9 aliphatic rings. The number of esters is 6. The molecule has 0 aromatic heterocycles. The van der Waals surface area contributed by atoms with E-state index in [1.54, 1.807) is 48.5 Å². The van der Waals surface area contributed by atoms with Gasteiger partial charge in [-0.15, -0.1) is 0 Å². The molecule has 9 fully saturated rings. The first-order valence-electron chi connectivity index (χ1n) is 40.4. The van der Waals surface area contributed by atoms with E-state index in [2.05, 4.69) is 27.7 Å². The van der Waals surface area contributed by atoms with Crippen LogP contribution in [0.5, 0.6) is 0 Å². The van der Waals surface area contributed by atoms with Gasteiger partial charge in [-0.25, -0.2) is 19.2 Å². The number of benzene rings is 2. The molecule has 0 radical (unpaired) electrons. The third-order valence-corrected chi connectivity index (χ3v) is 25.3. The van der Waals surface area contributed by atoms with Crippen molar-refractivity contribution >= 4 is 35.8 Å². The number of carbonyl (C=O) groups is 6. The van der Waals surface area contributed by atoms with E-state index in [4.69, 9.17) is 37.9 Å². The van der Waals surface area contributed by atoms with Gasteiger partial charge in [0, 0.05) is 12.8 Å². The monoisotopic (exact) mass is 1360 g/mol. The molecule has 7 aliphatic carbocycles. The van der Waals surface area contributed by atoms with Crippen molar-refractivity contribution in [3.8, 4) is 0 Å². The third kappa shape index (κ3) is 22.6. The minimum Gasteiger partial charge on any atom is -0.465 e. The van der Waals surface area contributed by atoms with Crippen molar-refractivity contribution < 1.29 is 66.7 Å². The summed E-state index contributed by atoms with van der Waals surface area (Å²) in [5.41, 5.74) is 1.44. The fraction of sp³-hybridized carbons (Fsp3) is 0.786. The summed E-state index contributed by atoms with van der Waals surface area (Å²) in [4.78, 5) is 75.8. The highest BCUT2D eigenvalue weighted by molar-refractivity contribution is 5.96. The Kier molecular flexibility index (Phi) is 30.6. The Labute approximate surface area is 589 Å². The molecule has 546 valence electrons. The zero-order valence-electron chi connectivity index (χ0n) is 60.8. The standard InChI is InChI=1S/C53H84O7.C31H42O7/c1-4-7-9-11-14-17-22-39-29-28-38(6-3)46(47(39)26-18-10-8-5-2)25-19-15-12-13-16-20-27-51(54)58-35-43-31-42-32-48(43)50-34-44(33-49(42)50)60-53(56)41-24-21-23-40(30-41)52(55)59-37-45-36-57-45;1-2-3-4-5-6-7-11-29(32)36-17-23-13-22-14-26(23)28-16-24(15-27(22)28)38-31(34)21-10-8-9-20(12-21)30(33)37-19-25-18-35-25/h21,23-24,30,38-39,42-50H,4-20,22,25-29,31-37H2,1-3H3;8-10,12,22-28H,2-7,11,13-19H2,1H3/t38?,39?,42?,43?,44?,45?,46?,47?,48?,49-,50+;22?,23?,24?,25?,26?,27-,28+/m00/s1. The Bertz CT molecular complexity index is 2790. The number of hydrogen-bond donors (Lipinski definition) is 0. The van der Waals surface area contributed by atoms with Crippen molar-refractivity contribution in [2.24, 2.45) is 82.9 Å². The van der Waals surface area contributed by atoms with Crippen molar-refractivity contribution in [3.63, 3.8) is 0 Å². The molecule has 0 amide bonds. The summed E-state index contributed by atoms with van der Waals surface area (Å²) in [5.74, 6) is 7.58. The highest BCUT2D eigenvalue weighted by Crippen LogP contribution is 2.63. The number of carbonyl (C=O) groups excluding carboxylic acids is 6. The van der Waals surface area contributed by atoms with Crippen LogP contribution in [0, 0.1) is 82.9 Å². The van der Waals surface area contributed by atoms with Crippen LogP contribution in [-0.4, -0.2) is 99.9 Å². The molecule has 2 heterocycles. The van der Waals surface area contributed by atoms with E-state index in [0.717, 1.165) is 87.9 Å². The SMILES string of the molecule is CCCCCCCCC(=O)OCC1CC2CC1[C@H]1CC(OC(=O)c3cccc(C(=O)OCC4CO4)c3)C[C@@H]21.CCCCCCCCC1CCC(CC)C(CCCCCCCCC(=O)OCC2CC3CC2[C@H]2CC(OC(=O)c4cccc(C(=O)OCC5CO5)c4)C[C@@H]32)C1CCCCCC. The second-order valence-corrected chi connectivity index (χ2v) is 32.0. The molecule has 2 aromatic carbocycles. The first-order valence-corrected chi connectivity index (χ1v) is 40.4. The lowest BCUT2D eigenvalue weighted by Crippen LogP contribution is -2.35. The molecule has 7 saturated carbocycles. The van der Waals surface area contributed by atoms with Gasteiger partial charge in [-0.2, -0.15) is 0 Å². The predicted molar refractivity (Wildman–Crippen MR) is 380 cm³/mol. The van der Waals surface area contributed by atoms with Crippen molar-refractivity contribution in [1.82, 2.24) is 0 Å². The van der Waals surface area contributed by atoms with Crippen LogP contribution in [0.4, 0.5) is 0 Å². The van der Waals surface area contributed by atoms with Gasteiger partial charge in [-0.3, -0.25) is 9.59 Å². The summed E-state index contributed by atoms with van der Waals surface area (Å²) in [6, 6.07) is 13.2. The second kappa shape index (κ2) is 39.6. The fourth-order valence-electron chi connectivity index (χ4n) is 20.0. The predicted octanol–water partition coefficient (Wildman–Crippen LogP) is 19.2. The highest BCUT2D eigenvalue weighted by Gasteiger charge is 2.58. The largest absolute Gasteiger partial charge is 0.465 e. The molecule has 11 rings (SSSR count). The quantitative estimate of drug-likeness (QED) is 0.0264. The van der Waals surface area contributed by atoms with Gasteiger partial charge in [-0.05, 0) is 209 Å². The molecule has 14 heteroatoms. The van der Waals surface area contributed by atoms with Crippen LogP contribution in [-0.2, 0) is 47.5 Å². The van der Waals surface area contributed by atoms with E-state index >= 15 is 0 Å². The Hall–Kier alpha value is -4.82. The van der Waals surface area contributed by atoms with Gasteiger partial charge < -0.3 is 37.9 Å². The van der Waals surface area contributed by atoms with Crippen molar-refractivity contribution in [1.29, 1.82) is 0 Å². The van der Waals surface area contributed by atoms with E-state index in [0.29, 0.717) is 121 Å². The zero-order valence-corrected chi connectivity index (χ0v) is 60.8. The first-order chi connectivity index (χ1) is 47.9. The van der Waals surface area contributed by atoms with Crippen molar-refractivity contribution in [2.45, 2.75) is 296 Å². The summed E-state index contributed by atoms with van der Waals surface area (Å²) in [5, 5.41) is 0. The molecule has 2 aliphatic heterocycles. The van der Waals surface area contributed by atoms with Crippen molar-refractivity contribution in [3.05, 3.63) is 70.8 Å². The summed E-state index contributed by atoms with van der Waals surface area (Å²) in [6.07, 6.45) is 46.3. The zero-order chi connectivity index (χ0) is 68.6. The second-order valence-electron chi connectivity index (χ2n) is 32.0. The summed E-state index contributed by atoms with van der Waals surface area (Å²) in [6.45, 7) is 12.1. The van der Waals surface area contributed by atoms with E-state index in [1.165, 1.54) is 167 Å². The molecule has 4 bridgehead atoms. The molecule has 0 spiro atoms. The van der Waals surface area contributed by atoms with Gasteiger partial charge in [0.15, 0.2) is 0 Å². The third-order valence-electron chi connectivity index (χ3n) is 25.3. The molecule has 98 heavy (non-hydrogen) atoms. The van der Waals surface area contributed by atoms with Gasteiger partial charge in [0.1, 0.15) is 37.6 Å². The van der Waals surface area contributed by atoms with E-state index < -0.39 is 11.9 Å². The van der Waals surface area contributed by atoms with E-state index in [-0.39, 0.29) is 61.5 Å². The Morgan fingerprint density at radius 1 is 0.367 bits per heavy atom. The maximum absolute atomic E-state index is 13.1. The highest BCUT2D eigenvalue weighted by atomic mass is 16.6. The molecule has 0 N–H and O–H groups in total. The van der Waals surface area contributed by atoms with E-state index in [1.807, 2.05) is 0 Å². The van der Waals surface area contributed by atoms with Crippen LogP contribution in [0.3, 0.4) is 0 Å². The first kappa shape index (κ1) is 75.8. The normalized spacial score (nSPS) is 30.4. The van der Waals surface area contributed by atoms with Crippen LogP contribution >= 0.6 is 0 Å². The van der Waals surface area contributed by atoms with Gasteiger partial charge in [0.05, 0.1) is 48.7 Å². The molecular weight excluding hydrogens is 1230 g/mol. The molecular formula is C84H126O14. The fourth-order valence-corrected chi connectivity index (χ4v) is 20.0. The van der Waals surface area contributed by atoms with Crippen molar-refractivity contribution in [2.75, 3.05) is 39.6 Å². The lowest BCUT2D eigenvalue weighted by molar-refractivity contribution is -0.147. The minimum absolute atomic E-state index is 0.000892. The lowest BCUT2D eigenvalue weighted by Gasteiger charge is -2.44.